The van der Waals surface area contributed by atoms with Crippen LogP contribution in [0.5, 0.6) is 5.75 Å². The maximum absolute atomic E-state index is 15.0. The number of nitrogens with zero attached hydrogens (tertiary/aromatic N) is 3. The Kier molecular flexibility index (Phi) is 35.9. The lowest BCUT2D eigenvalue weighted by atomic mass is 9.99. The average Bonchev–Trinajstić information content (AvgIpc) is 0.898. The molecule has 0 aliphatic carbocycles. The summed E-state index contributed by atoms with van der Waals surface area (Å²) in [5.74, 6) is -13.4. The van der Waals surface area contributed by atoms with Crippen LogP contribution in [0.25, 0.3) is 10.8 Å². The van der Waals surface area contributed by atoms with Gasteiger partial charge in [0, 0.05) is 69.7 Å². The molecular weight excluding hydrogens is 1480 g/mol. The summed E-state index contributed by atoms with van der Waals surface area (Å²) in [5.41, 5.74) is 12.7. The number of benzene rings is 4. The van der Waals surface area contributed by atoms with E-state index in [0.29, 0.717) is 53.1 Å². The first-order chi connectivity index (χ1) is 53.7. The van der Waals surface area contributed by atoms with Gasteiger partial charge in [0.15, 0.2) is 0 Å². The zero-order valence-corrected chi connectivity index (χ0v) is 65.1. The van der Waals surface area contributed by atoms with Gasteiger partial charge in [-0.1, -0.05) is 112 Å². The molecule has 1 aliphatic rings. The van der Waals surface area contributed by atoms with Crippen LogP contribution < -0.4 is 75.3 Å². The Bertz CT molecular complexity index is 4160. The molecule has 0 spiro atoms. The second-order valence-corrected chi connectivity index (χ2v) is 28.9. The monoisotopic (exact) mass is 1590 g/mol. The zero-order valence-electron chi connectivity index (χ0n) is 64.3. The van der Waals surface area contributed by atoms with Gasteiger partial charge in [-0.25, -0.2) is 0 Å². The van der Waals surface area contributed by atoms with Crippen molar-refractivity contribution in [2.75, 3.05) is 46.4 Å². The van der Waals surface area contributed by atoms with Gasteiger partial charge in [0.05, 0.1) is 32.7 Å². The minimum Gasteiger partial charge on any atom is -0.508 e. The van der Waals surface area contributed by atoms with E-state index < -0.39 is 182 Å². The van der Waals surface area contributed by atoms with Crippen LogP contribution in [0.4, 0.5) is 0 Å². The van der Waals surface area contributed by atoms with Crippen molar-refractivity contribution >= 4 is 111 Å². The molecule has 0 unspecified atom stereocenters. The van der Waals surface area contributed by atoms with Gasteiger partial charge >= 0.3 is 0 Å². The van der Waals surface area contributed by atoms with Crippen LogP contribution in [-0.2, 0) is 97.6 Å². The first-order valence-corrected chi connectivity index (χ1v) is 37.6. The SMILES string of the molecule is CC(=O)N[C@H](Cc1ccc2ccccc2c1)C(=O)N[C@H](Cc1ccc(Cl)cc1)C(=O)N[C@H](Cc1cccnc1)C(=O)N[C@@H](CO)C(=O)N(C)[C@@H](Cc1ccc(O)cc1)C(=O)N[C@H](CC(N)=O)C(=O)N[C@@H](CC(C)C)C(=O)N[C@@H](CCCCNC(C)C)C(=O)N1CCC[C@H]1C(=O)N[C@H](C)C(=O)NCC(=O)NCC(=O)NCC(N)=O. The van der Waals surface area contributed by atoms with Gasteiger partial charge in [-0.2, -0.15) is 0 Å². The highest BCUT2D eigenvalue weighted by atomic mass is 35.5. The second kappa shape index (κ2) is 45.0. The molecule has 0 bridgehead atoms. The van der Waals surface area contributed by atoms with Gasteiger partial charge in [-0.3, -0.25) is 76.9 Å². The largest absolute Gasteiger partial charge is 0.508 e. The normalized spacial score (nSPS) is 14.9. The number of amides is 15. The lowest BCUT2D eigenvalue weighted by Gasteiger charge is -2.32. The molecule has 5 aromatic rings. The van der Waals surface area contributed by atoms with Gasteiger partial charge in [-0.15, -0.1) is 0 Å². The van der Waals surface area contributed by atoms with Crippen molar-refractivity contribution < 1.29 is 82.1 Å². The number of nitrogens with one attached hydrogen (secondary N) is 12. The number of aliphatic hydroxyl groups is 1. The summed E-state index contributed by atoms with van der Waals surface area (Å²) in [6.45, 7) is 7.91. The fraction of sp³-hybridized carbons (Fsp3) is 0.462. The van der Waals surface area contributed by atoms with Gasteiger partial charge in [-0.05, 0) is 121 Å². The van der Waals surface area contributed by atoms with E-state index in [-0.39, 0.29) is 69.2 Å². The Hall–Kier alpha value is -11.6. The summed E-state index contributed by atoms with van der Waals surface area (Å²) >= 11 is 6.24. The number of hydrogen-bond acceptors (Lipinski definition) is 19. The van der Waals surface area contributed by atoms with Gasteiger partial charge in [0.2, 0.25) is 88.6 Å². The number of nitrogens with two attached hydrogens (primary N) is 2. The number of rotatable bonds is 44. The molecule has 0 radical (unpaired) electrons. The number of pyridine rings is 1. The van der Waals surface area contributed by atoms with E-state index in [4.69, 9.17) is 23.1 Å². The minimum atomic E-state index is -1.88. The lowest BCUT2D eigenvalue weighted by molar-refractivity contribution is -0.144. The number of carbonyl (C=O) groups excluding carboxylic acids is 15. The van der Waals surface area contributed by atoms with Crippen LogP contribution in [0.15, 0.2) is 116 Å². The number of phenolic OH excluding ortho intramolecular Hbond substituents is 1. The van der Waals surface area contributed by atoms with Crippen LogP contribution in [0.1, 0.15) is 109 Å². The Balaban J connectivity index is 1.21. The van der Waals surface area contributed by atoms with Crippen molar-refractivity contribution in [3.05, 3.63) is 143 Å². The predicted octanol–water partition coefficient (Wildman–Crippen LogP) is -1.48. The van der Waals surface area contributed by atoms with E-state index in [1.807, 2.05) is 56.3 Å². The smallest absolute Gasteiger partial charge is 0.247 e. The third-order valence-corrected chi connectivity index (χ3v) is 18.6. The summed E-state index contributed by atoms with van der Waals surface area (Å²) in [4.78, 5) is 212. The minimum absolute atomic E-state index is 0.0147. The molecule has 4 aromatic carbocycles. The summed E-state index contributed by atoms with van der Waals surface area (Å²) < 4.78 is 0. The van der Waals surface area contributed by atoms with E-state index in [0.717, 1.165) is 22.7 Å². The highest BCUT2D eigenvalue weighted by molar-refractivity contribution is 6.30. The van der Waals surface area contributed by atoms with Crippen molar-refractivity contribution in [3.8, 4) is 5.75 Å². The molecule has 113 heavy (non-hydrogen) atoms. The number of phenols is 1. The number of carbonyl (C=O) groups is 15. The molecule has 1 saturated heterocycles. The van der Waals surface area contributed by atoms with Crippen LogP contribution in [0.3, 0.4) is 0 Å². The van der Waals surface area contributed by atoms with E-state index in [2.05, 4.69) is 68.8 Å². The predicted molar refractivity (Wildman–Crippen MR) is 416 cm³/mol. The summed E-state index contributed by atoms with van der Waals surface area (Å²) in [5, 5.41) is 54.7. The van der Waals surface area contributed by atoms with Crippen LogP contribution in [0.2, 0.25) is 5.02 Å². The number of likely N-dealkylation sites (tertiary alicyclic amines) is 1. The lowest BCUT2D eigenvalue weighted by Crippen LogP contribution is -2.62. The first kappa shape index (κ1) is 90.2. The Morgan fingerprint density at radius 1 is 0.558 bits per heavy atom. The van der Waals surface area contributed by atoms with Crippen LogP contribution in [-0.4, -0.2) is 226 Å². The Labute approximate surface area is 659 Å². The van der Waals surface area contributed by atoms with Gasteiger partial charge < -0.3 is 95.3 Å². The number of fused-ring (bicyclic) bond motifs is 1. The molecule has 35 heteroatoms. The Morgan fingerprint density at radius 3 is 1.70 bits per heavy atom. The quantitative estimate of drug-likeness (QED) is 0.0198. The maximum Gasteiger partial charge on any atom is 0.247 e. The topological polar surface area (TPSA) is 512 Å². The van der Waals surface area contributed by atoms with Crippen LogP contribution in [0, 0.1) is 5.92 Å². The third kappa shape index (κ3) is 30.2. The fourth-order valence-corrected chi connectivity index (χ4v) is 12.6. The number of unbranched alkanes of at least 4 members (excludes halogenated alkanes) is 1. The molecule has 2 heterocycles. The molecule has 34 nitrogen and oxygen atoms in total. The molecule has 1 aromatic heterocycles. The molecule has 15 amide bonds. The number of primary amides is 2. The zero-order chi connectivity index (χ0) is 83.0. The first-order valence-electron chi connectivity index (χ1n) is 37.3. The van der Waals surface area contributed by atoms with Gasteiger partial charge in [0.1, 0.15) is 66.2 Å². The maximum atomic E-state index is 15.0. The van der Waals surface area contributed by atoms with Gasteiger partial charge in [0.25, 0.3) is 0 Å². The molecule has 0 saturated carbocycles. The second-order valence-electron chi connectivity index (χ2n) is 28.5. The number of aliphatic hydroxyl groups excluding tert-OH is 1. The highest BCUT2D eigenvalue weighted by Crippen LogP contribution is 2.23. The number of likely N-dealkylation sites (N-methyl/N-ethyl adjacent to an activating group) is 1. The van der Waals surface area contributed by atoms with E-state index >= 15 is 4.79 Å². The summed E-state index contributed by atoms with van der Waals surface area (Å²) in [6.07, 6.45) is 2.63. The molecule has 1 fully saturated rings. The van der Waals surface area contributed by atoms with E-state index in [1.54, 1.807) is 50.2 Å². The summed E-state index contributed by atoms with van der Waals surface area (Å²) in [7, 11) is 1.16. The van der Waals surface area contributed by atoms with Crippen molar-refractivity contribution in [1.82, 2.24) is 78.6 Å². The van der Waals surface area contributed by atoms with Crippen molar-refractivity contribution in [2.24, 2.45) is 17.4 Å². The van der Waals surface area contributed by atoms with Crippen molar-refractivity contribution in [3.63, 3.8) is 0 Å². The van der Waals surface area contributed by atoms with E-state index in [9.17, 15) is 77.3 Å². The molecule has 18 N–H and O–H groups in total. The molecule has 1 aliphatic heterocycles. The number of halogens is 1. The standard InChI is InChI=1S/C78H104ClN17O17/c1-44(2)32-57(70(105)89-56(17-10-11-30-83-45(3)4)78(113)96-31-13-18-63(96)75(110)87-46(5)69(104)86-42-68(103)85-41-67(102)84-40-66(81)101)90-74(109)61(38-65(80)100)93-76(111)64(37-49-22-27-55(99)28-23-49)95(7)77(112)62(43-97)94-73(108)60(36-51-14-12-29-82-39-51)92-72(107)59(34-48-20-25-54(79)26-21-48)91-71(106)58(88-47(6)98)35-50-19-24-52-15-8-9-16-53(52)33-50/h8-9,12,14-16,19-29,33,39,44-46,56-64,83,97,99H,10-11,13,17-18,30-32,34-38,40-43H2,1-7H3,(H2,80,100)(H2,81,101)(H,84,102)(H,85,103)(H,86,104)(H,87,110)(H,88,98)(H,89,105)(H,90,109)(H,91,106)(H,92,107)(H,93,111)(H,94,108)/t46-,56+,57+,58-,59-,60-,61-,62+,63+,64+/m1/s1. The van der Waals surface area contributed by atoms with Crippen molar-refractivity contribution in [1.29, 1.82) is 0 Å². The van der Waals surface area contributed by atoms with E-state index in [1.165, 1.54) is 55.4 Å². The fourth-order valence-electron chi connectivity index (χ4n) is 12.5. The molecule has 610 valence electrons. The number of aromatic nitrogens is 1. The Morgan fingerprint density at radius 2 is 1.10 bits per heavy atom. The number of aromatic hydroxyl groups is 1. The third-order valence-electron chi connectivity index (χ3n) is 18.4. The average molecular weight is 1590 g/mol. The number of hydrogen-bond donors (Lipinski definition) is 16. The summed E-state index contributed by atoms with van der Waals surface area (Å²) in [6, 6.07) is 13.6. The molecule has 6 rings (SSSR count). The highest BCUT2D eigenvalue weighted by Gasteiger charge is 2.41. The molecule has 10 atom stereocenters. The molecular formula is C78H104ClN17O17. The van der Waals surface area contributed by atoms with Crippen molar-refractivity contribution in [2.45, 2.75) is 179 Å². The van der Waals surface area contributed by atoms with Crippen LogP contribution >= 0.6 is 11.6 Å².